The van der Waals surface area contributed by atoms with Gasteiger partial charge < -0.3 is 9.47 Å². The molecule has 2 fully saturated rings. The number of allylic oxidation sites excluding steroid dienone is 2. The molecule has 0 amide bonds. The van der Waals surface area contributed by atoms with E-state index in [2.05, 4.69) is 12.2 Å². The Balaban J connectivity index is 1.62. The molecule has 2 heterocycles. The first-order valence-corrected chi connectivity index (χ1v) is 12.5. The van der Waals surface area contributed by atoms with Gasteiger partial charge in [-0.2, -0.15) is 0 Å². The van der Waals surface area contributed by atoms with Crippen molar-refractivity contribution in [2.45, 2.75) is 48.3 Å². The minimum Gasteiger partial charge on any atom is -0.381 e. The van der Waals surface area contributed by atoms with E-state index < -0.39 is 9.84 Å². The van der Waals surface area contributed by atoms with E-state index in [-0.39, 0.29) is 0 Å². The van der Waals surface area contributed by atoms with E-state index in [9.17, 15) is 8.42 Å². The summed E-state index contributed by atoms with van der Waals surface area (Å²) >= 11 is 0. The highest BCUT2D eigenvalue weighted by atomic mass is 32.2. The van der Waals surface area contributed by atoms with Crippen LogP contribution in [0.5, 0.6) is 0 Å². The molecule has 4 rings (SSSR count). The molecule has 2 aromatic rings. The number of rotatable bonds is 6. The van der Waals surface area contributed by atoms with Crippen LogP contribution in [0, 0.1) is 0 Å². The minimum absolute atomic E-state index is 0.407. The Bertz CT molecular complexity index is 971. The second kappa shape index (κ2) is 10.4. The van der Waals surface area contributed by atoms with Crippen LogP contribution < -0.4 is 0 Å². The molecule has 0 unspecified atom stereocenters. The van der Waals surface area contributed by atoms with Gasteiger partial charge in [-0.25, -0.2) is 8.42 Å². The molecular formula is C26H30O4S. The summed E-state index contributed by atoms with van der Waals surface area (Å²) in [4.78, 5) is 0.815. The average Bonchev–Trinajstić information content (AvgIpc) is 2.83. The Morgan fingerprint density at radius 3 is 1.45 bits per heavy atom. The van der Waals surface area contributed by atoms with Gasteiger partial charge in [-0.15, -0.1) is 0 Å². The molecule has 0 bridgehead atoms. The zero-order valence-corrected chi connectivity index (χ0v) is 18.7. The Morgan fingerprint density at radius 2 is 1.03 bits per heavy atom. The Labute approximate surface area is 185 Å². The van der Waals surface area contributed by atoms with Crippen molar-refractivity contribution in [1.29, 1.82) is 0 Å². The van der Waals surface area contributed by atoms with Gasteiger partial charge in [-0.3, -0.25) is 0 Å². The Morgan fingerprint density at radius 1 is 0.645 bits per heavy atom. The van der Waals surface area contributed by atoms with Crippen molar-refractivity contribution in [3.63, 3.8) is 0 Å². The molecule has 2 saturated heterocycles. The minimum atomic E-state index is -3.61. The maximum Gasteiger partial charge on any atom is 0.207 e. The van der Waals surface area contributed by atoms with E-state index >= 15 is 0 Å². The summed E-state index contributed by atoms with van der Waals surface area (Å²) in [5.74, 6) is 0. The molecule has 0 radical (unpaired) electrons. The van der Waals surface area contributed by atoms with Crippen LogP contribution in [0.1, 0.15) is 36.8 Å². The van der Waals surface area contributed by atoms with Gasteiger partial charge in [-0.05, 0) is 61.8 Å². The number of benzene rings is 2. The first-order chi connectivity index (χ1) is 15.1. The largest absolute Gasteiger partial charge is 0.381 e. The average molecular weight is 439 g/mol. The highest BCUT2D eigenvalue weighted by Crippen LogP contribution is 2.29. The molecule has 31 heavy (non-hydrogen) atoms. The third-order valence-corrected chi connectivity index (χ3v) is 7.97. The molecule has 164 valence electrons. The van der Waals surface area contributed by atoms with Gasteiger partial charge in [0.2, 0.25) is 9.84 Å². The molecule has 5 heteroatoms. The molecule has 2 aliphatic rings. The zero-order chi connectivity index (χ0) is 21.5. The maximum absolute atomic E-state index is 13.7. The van der Waals surface area contributed by atoms with Gasteiger partial charge in [0, 0.05) is 0 Å². The van der Waals surface area contributed by atoms with Crippen LogP contribution in [-0.2, 0) is 32.2 Å². The summed E-state index contributed by atoms with van der Waals surface area (Å²) < 4.78 is 38.2. The summed E-state index contributed by atoms with van der Waals surface area (Å²) in [7, 11) is -3.61. The summed E-state index contributed by atoms with van der Waals surface area (Å²) in [6.07, 6.45) is 9.31. The van der Waals surface area contributed by atoms with Crippen LogP contribution in [-0.4, -0.2) is 34.8 Å². The SMILES string of the molecule is O=S(=O)(c1ccccc1CC=C1CCOCC1)c1ccccc1CC=C1CCOCC1. The van der Waals surface area contributed by atoms with Gasteiger partial charge >= 0.3 is 0 Å². The van der Waals surface area contributed by atoms with Crippen LogP contribution in [0.4, 0.5) is 0 Å². The lowest BCUT2D eigenvalue weighted by atomic mass is 10.0. The second-order valence-electron chi connectivity index (χ2n) is 8.08. The van der Waals surface area contributed by atoms with Gasteiger partial charge in [0.15, 0.2) is 0 Å². The fourth-order valence-corrected chi connectivity index (χ4v) is 5.92. The van der Waals surface area contributed by atoms with Crippen molar-refractivity contribution in [3.8, 4) is 0 Å². The van der Waals surface area contributed by atoms with Crippen molar-refractivity contribution in [2.24, 2.45) is 0 Å². The molecule has 0 aromatic heterocycles. The third kappa shape index (κ3) is 5.53. The van der Waals surface area contributed by atoms with Crippen molar-refractivity contribution < 1.29 is 17.9 Å². The Kier molecular flexibility index (Phi) is 7.38. The van der Waals surface area contributed by atoms with Gasteiger partial charge in [0.1, 0.15) is 0 Å². The summed E-state index contributed by atoms with van der Waals surface area (Å²) in [5.41, 5.74) is 4.39. The predicted molar refractivity (Wildman–Crippen MR) is 122 cm³/mol. The second-order valence-corrected chi connectivity index (χ2v) is 9.96. The van der Waals surface area contributed by atoms with Crippen molar-refractivity contribution in [2.75, 3.05) is 26.4 Å². The van der Waals surface area contributed by atoms with Crippen LogP contribution in [0.2, 0.25) is 0 Å². The predicted octanol–water partition coefficient (Wildman–Crippen LogP) is 5.08. The molecule has 0 aliphatic carbocycles. The van der Waals surface area contributed by atoms with Crippen molar-refractivity contribution in [3.05, 3.63) is 83.0 Å². The maximum atomic E-state index is 13.7. The number of hydrogen-bond donors (Lipinski definition) is 0. The van der Waals surface area contributed by atoms with Crippen molar-refractivity contribution in [1.82, 2.24) is 0 Å². The normalized spacial score (nSPS) is 17.4. The molecular weight excluding hydrogens is 408 g/mol. The highest BCUT2D eigenvalue weighted by molar-refractivity contribution is 7.91. The smallest absolute Gasteiger partial charge is 0.207 e. The molecule has 0 saturated carbocycles. The van der Waals surface area contributed by atoms with E-state index in [1.54, 1.807) is 12.1 Å². The lowest BCUT2D eigenvalue weighted by molar-refractivity contribution is 0.119. The monoisotopic (exact) mass is 438 g/mol. The van der Waals surface area contributed by atoms with E-state index in [4.69, 9.17) is 9.47 Å². The first kappa shape index (κ1) is 22.0. The van der Waals surface area contributed by atoms with E-state index in [1.165, 1.54) is 11.1 Å². The number of sulfone groups is 1. The highest BCUT2D eigenvalue weighted by Gasteiger charge is 2.23. The molecule has 0 spiro atoms. The first-order valence-electron chi connectivity index (χ1n) is 11.1. The fourth-order valence-electron chi connectivity index (χ4n) is 4.17. The summed E-state index contributed by atoms with van der Waals surface area (Å²) in [5, 5.41) is 0. The van der Waals surface area contributed by atoms with Crippen LogP contribution in [0.15, 0.2) is 81.6 Å². The molecule has 0 N–H and O–H groups in total. The van der Waals surface area contributed by atoms with Crippen LogP contribution in [0.25, 0.3) is 0 Å². The van der Waals surface area contributed by atoms with E-state index in [0.29, 0.717) is 22.6 Å². The topological polar surface area (TPSA) is 52.6 Å². The summed E-state index contributed by atoms with van der Waals surface area (Å²) in [6, 6.07) is 14.8. The lowest BCUT2D eigenvalue weighted by Crippen LogP contribution is -2.10. The number of hydrogen-bond acceptors (Lipinski definition) is 4. The number of ether oxygens (including phenoxy) is 2. The standard InChI is InChI=1S/C26H30O4S/c27-31(28,25-7-3-1-5-23(25)11-9-21-13-17-29-18-14-21)26-8-4-2-6-24(26)12-10-22-15-19-30-20-16-22/h1-10H,11-20H2. The van der Waals surface area contributed by atoms with E-state index in [1.807, 2.05) is 36.4 Å². The molecule has 0 atom stereocenters. The van der Waals surface area contributed by atoms with Gasteiger partial charge in [0.25, 0.3) is 0 Å². The van der Waals surface area contributed by atoms with Gasteiger partial charge in [0.05, 0.1) is 36.2 Å². The van der Waals surface area contributed by atoms with E-state index in [0.717, 1.165) is 63.2 Å². The quantitative estimate of drug-likeness (QED) is 0.591. The third-order valence-electron chi connectivity index (χ3n) is 6.02. The van der Waals surface area contributed by atoms with Gasteiger partial charge in [-0.1, -0.05) is 59.7 Å². The summed E-state index contributed by atoms with van der Waals surface area (Å²) in [6.45, 7) is 3.00. The Hall–Kier alpha value is -2.21. The van der Waals surface area contributed by atoms with Crippen LogP contribution in [0.3, 0.4) is 0 Å². The van der Waals surface area contributed by atoms with Crippen molar-refractivity contribution >= 4 is 9.84 Å². The molecule has 2 aliphatic heterocycles. The van der Waals surface area contributed by atoms with Crippen LogP contribution >= 0.6 is 0 Å². The lowest BCUT2D eigenvalue weighted by Gasteiger charge is -2.16. The fraction of sp³-hybridized carbons (Fsp3) is 0.385. The molecule has 2 aromatic carbocycles. The molecule has 4 nitrogen and oxygen atoms in total. The zero-order valence-electron chi connectivity index (χ0n) is 17.9.